The Hall–Kier alpha value is -3.01. The molecule has 4 nitrogen and oxygen atoms in total. The van der Waals surface area contributed by atoms with Crippen LogP contribution in [0.25, 0.3) is 6.08 Å². The van der Waals surface area contributed by atoms with Gasteiger partial charge in [-0.25, -0.2) is 0 Å². The first kappa shape index (κ1) is 21.3. The second-order valence-corrected chi connectivity index (χ2v) is 7.37. The quantitative estimate of drug-likeness (QED) is 0.346. The molecule has 2 aromatic carbocycles. The van der Waals surface area contributed by atoms with E-state index in [0.717, 1.165) is 16.9 Å². The Morgan fingerprint density at radius 2 is 1.68 bits per heavy atom. The van der Waals surface area contributed by atoms with Crippen molar-refractivity contribution in [1.82, 2.24) is 0 Å². The van der Waals surface area contributed by atoms with Crippen molar-refractivity contribution in [3.05, 3.63) is 71.8 Å². The third-order valence-electron chi connectivity index (χ3n) is 4.28. The molecule has 0 radical (unpaired) electrons. The number of carbonyl (C=O) groups excluding carboxylic acids is 1. The molecule has 28 heavy (non-hydrogen) atoms. The third kappa shape index (κ3) is 5.26. The fraction of sp³-hybridized carbons (Fsp3) is 0.292. The Morgan fingerprint density at radius 1 is 1.04 bits per heavy atom. The Bertz CT molecular complexity index is 855. The molecule has 0 fully saturated rings. The molecule has 0 unspecified atom stereocenters. The largest absolute Gasteiger partial charge is 0.496 e. The van der Waals surface area contributed by atoms with Crippen LogP contribution in [0.15, 0.2) is 55.1 Å². The fourth-order valence-electron chi connectivity index (χ4n) is 2.77. The summed E-state index contributed by atoms with van der Waals surface area (Å²) in [6.45, 7) is 10.4. The minimum absolute atomic E-state index is 0.0922. The van der Waals surface area contributed by atoms with E-state index in [2.05, 4.69) is 27.4 Å². The van der Waals surface area contributed by atoms with E-state index < -0.39 is 0 Å². The third-order valence-corrected chi connectivity index (χ3v) is 4.28. The molecule has 0 atom stereocenters. The van der Waals surface area contributed by atoms with Gasteiger partial charge < -0.3 is 14.2 Å². The van der Waals surface area contributed by atoms with Crippen molar-refractivity contribution >= 4 is 11.9 Å². The highest BCUT2D eigenvalue weighted by molar-refractivity contribution is 6.07. The van der Waals surface area contributed by atoms with Crippen molar-refractivity contribution in [2.24, 2.45) is 0 Å². The highest BCUT2D eigenvalue weighted by atomic mass is 16.5. The molecule has 0 aromatic heterocycles. The maximum absolute atomic E-state index is 12.5. The lowest BCUT2D eigenvalue weighted by Gasteiger charge is -2.23. The van der Waals surface area contributed by atoms with Gasteiger partial charge in [0.05, 0.1) is 14.2 Å². The summed E-state index contributed by atoms with van der Waals surface area (Å²) >= 11 is 0. The summed E-state index contributed by atoms with van der Waals surface area (Å²) in [4.78, 5) is 12.5. The van der Waals surface area contributed by atoms with E-state index in [0.29, 0.717) is 23.7 Å². The molecule has 2 aromatic rings. The zero-order valence-electron chi connectivity index (χ0n) is 17.2. The van der Waals surface area contributed by atoms with Gasteiger partial charge in [0.1, 0.15) is 23.9 Å². The average Bonchev–Trinajstić information content (AvgIpc) is 2.69. The number of hydrogen-bond acceptors (Lipinski definition) is 4. The first-order chi connectivity index (χ1) is 13.3. The van der Waals surface area contributed by atoms with Gasteiger partial charge >= 0.3 is 0 Å². The van der Waals surface area contributed by atoms with Crippen LogP contribution in [0, 0.1) is 0 Å². The SMILES string of the molecule is C=CCOc1ccc(C(=O)C=Cc2cc(C(C)(C)C)c(OC)cc2OC)cc1. The molecule has 0 aliphatic rings. The number of ketones is 1. The van der Waals surface area contributed by atoms with Crippen molar-refractivity contribution in [3.8, 4) is 17.2 Å². The number of rotatable bonds is 8. The van der Waals surface area contributed by atoms with Gasteiger partial charge in [-0.05, 0) is 47.9 Å². The number of benzene rings is 2. The van der Waals surface area contributed by atoms with Gasteiger partial charge in [-0.1, -0.05) is 33.4 Å². The Kier molecular flexibility index (Phi) is 7.05. The van der Waals surface area contributed by atoms with Crippen molar-refractivity contribution in [3.63, 3.8) is 0 Å². The number of carbonyl (C=O) groups is 1. The number of ether oxygens (including phenoxy) is 3. The van der Waals surface area contributed by atoms with Crippen LogP contribution in [-0.4, -0.2) is 26.6 Å². The van der Waals surface area contributed by atoms with Gasteiger partial charge in [0.2, 0.25) is 0 Å². The smallest absolute Gasteiger partial charge is 0.185 e. The van der Waals surface area contributed by atoms with Crippen molar-refractivity contribution in [1.29, 1.82) is 0 Å². The maximum atomic E-state index is 12.5. The van der Waals surface area contributed by atoms with E-state index in [4.69, 9.17) is 14.2 Å². The minimum atomic E-state index is -0.106. The van der Waals surface area contributed by atoms with Crippen LogP contribution in [-0.2, 0) is 5.41 Å². The summed E-state index contributed by atoms with van der Waals surface area (Å²) in [5.74, 6) is 2.03. The van der Waals surface area contributed by atoms with Crippen molar-refractivity contribution in [2.45, 2.75) is 26.2 Å². The molecule has 2 rings (SSSR count). The zero-order valence-corrected chi connectivity index (χ0v) is 17.2. The number of methoxy groups -OCH3 is 2. The molecule has 148 valence electrons. The predicted octanol–water partition coefficient (Wildman–Crippen LogP) is 5.46. The monoisotopic (exact) mass is 380 g/mol. The Balaban J connectivity index is 2.29. The molecule has 0 bridgehead atoms. The van der Waals surface area contributed by atoms with Crippen LogP contribution >= 0.6 is 0 Å². The summed E-state index contributed by atoms with van der Waals surface area (Å²) in [6, 6.07) is 10.9. The van der Waals surface area contributed by atoms with Crippen LogP contribution in [0.5, 0.6) is 17.2 Å². The molecule has 0 heterocycles. The highest BCUT2D eigenvalue weighted by Gasteiger charge is 2.21. The molecule has 0 saturated heterocycles. The molecule has 0 aliphatic heterocycles. The van der Waals surface area contributed by atoms with Gasteiger partial charge in [-0.2, -0.15) is 0 Å². The van der Waals surface area contributed by atoms with Crippen LogP contribution in [0.4, 0.5) is 0 Å². The molecule has 0 N–H and O–H groups in total. The van der Waals surface area contributed by atoms with Crippen molar-refractivity contribution < 1.29 is 19.0 Å². The summed E-state index contributed by atoms with van der Waals surface area (Å²) in [5, 5.41) is 0. The average molecular weight is 380 g/mol. The van der Waals surface area contributed by atoms with E-state index in [1.807, 2.05) is 12.1 Å². The molecular weight excluding hydrogens is 352 g/mol. The van der Waals surface area contributed by atoms with E-state index in [9.17, 15) is 4.79 Å². The van der Waals surface area contributed by atoms with E-state index >= 15 is 0 Å². The van der Waals surface area contributed by atoms with Crippen LogP contribution in [0.2, 0.25) is 0 Å². The second kappa shape index (κ2) is 9.27. The van der Waals surface area contributed by atoms with Gasteiger partial charge in [0.15, 0.2) is 5.78 Å². The maximum Gasteiger partial charge on any atom is 0.185 e. The van der Waals surface area contributed by atoms with Gasteiger partial charge in [0.25, 0.3) is 0 Å². The van der Waals surface area contributed by atoms with Crippen LogP contribution < -0.4 is 14.2 Å². The summed E-state index contributed by atoms with van der Waals surface area (Å²) in [5.41, 5.74) is 2.36. The van der Waals surface area contributed by atoms with Crippen LogP contribution in [0.1, 0.15) is 42.3 Å². The zero-order chi connectivity index (χ0) is 20.7. The normalized spacial score (nSPS) is 11.3. The first-order valence-electron chi connectivity index (χ1n) is 9.12. The number of allylic oxidation sites excluding steroid dienone is 1. The van der Waals surface area contributed by atoms with Gasteiger partial charge in [-0.3, -0.25) is 4.79 Å². The van der Waals surface area contributed by atoms with E-state index in [-0.39, 0.29) is 11.2 Å². The second-order valence-electron chi connectivity index (χ2n) is 7.37. The Labute approximate surface area is 167 Å². The highest BCUT2D eigenvalue weighted by Crippen LogP contribution is 2.37. The molecule has 0 saturated carbocycles. The summed E-state index contributed by atoms with van der Waals surface area (Å²) in [7, 11) is 3.25. The lowest BCUT2D eigenvalue weighted by Crippen LogP contribution is -2.13. The summed E-state index contributed by atoms with van der Waals surface area (Å²) < 4.78 is 16.4. The van der Waals surface area contributed by atoms with Crippen LogP contribution in [0.3, 0.4) is 0 Å². The number of hydrogen-bond donors (Lipinski definition) is 0. The fourth-order valence-corrected chi connectivity index (χ4v) is 2.77. The lowest BCUT2D eigenvalue weighted by molar-refractivity contribution is 0.104. The topological polar surface area (TPSA) is 44.8 Å². The minimum Gasteiger partial charge on any atom is -0.496 e. The summed E-state index contributed by atoms with van der Waals surface area (Å²) in [6.07, 6.45) is 5.00. The van der Waals surface area contributed by atoms with Gasteiger partial charge in [0, 0.05) is 22.8 Å². The Morgan fingerprint density at radius 3 is 2.21 bits per heavy atom. The van der Waals surface area contributed by atoms with E-state index in [1.54, 1.807) is 56.7 Å². The lowest BCUT2D eigenvalue weighted by atomic mass is 9.85. The van der Waals surface area contributed by atoms with Gasteiger partial charge in [-0.15, -0.1) is 0 Å². The molecular formula is C24H28O4. The molecule has 0 amide bonds. The van der Waals surface area contributed by atoms with Crippen molar-refractivity contribution in [2.75, 3.05) is 20.8 Å². The molecule has 0 spiro atoms. The molecule has 4 heteroatoms. The molecule has 0 aliphatic carbocycles. The standard InChI is InChI=1S/C24H28O4/c1-7-14-28-19-11-8-17(9-12-19)21(25)13-10-18-15-20(24(2,3)4)23(27-6)16-22(18)26-5/h7-13,15-16H,1,14H2,2-6H3. The predicted molar refractivity (Wildman–Crippen MR) is 114 cm³/mol. The van der Waals surface area contributed by atoms with E-state index in [1.165, 1.54) is 0 Å². The first-order valence-corrected chi connectivity index (χ1v) is 9.12.